The SMILES string of the molecule is Cc1ccc(C)c(CC(=O)NC2CCCCCC2Br)c1. The zero-order valence-electron chi connectivity index (χ0n) is 12.4. The summed E-state index contributed by atoms with van der Waals surface area (Å²) in [6.45, 7) is 4.14. The number of aryl methyl sites for hydroxylation is 2. The lowest BCUT2D eigenvalue weighted by Crippen LogP contribution is -2.41. The third kappa shape index (κ3) is 4.34. The first-order valence-corrected chi connectivity index (χ1v) is 8.47. The average molecular weight is 338 g/mol. The molecule has 0 spiro atoms. The second-order valence-electron chi connectivity index (χ2n) is 5.93. The Bertz CT molecular complexity index is 472. The Morgan fingerprint density at radius 3 is 2.80 bits per heavy atom. The fourth-order valence-electron chi connectivity index (χ4n) is 2.85. The Balaban J connectivity index is 1.96. The number of carbonyl (C=O) groups excluding carboxylic acids is 1. The molecule has 3 heteroatoms. The van der Waals surface area contributed by atoms with Crippen molar-refractivity contribution in [2.24, 2.45) is 0 Å². The van der Waals surface area contributed by atoms with E-state index in [0.717, 1.165) is 18.4 Å². The smallest absolute Gasteiger partial charge is 0.224 e. The van der Waals surface area contributed by atoms with E-state index in [-0.39, 0.29) is 11.9 Å². The summed E-state index contributed by atoms with van der Waals surface area (Å²) in [7, 11) is 0. The van der Waals surface area contributed by atoms with Gasteiger partial charge >= 0.3 is 0 Å². The summed E-state index contributed by atoms with van der Waals surface area (Å²) in [5.74, 6) is 0.148. The summed E-state index contributed by atoms with van der Waals surface area (Å²) in [6, 6.07) is 6.59. The molecule has 1 saturated carbocycles. The summed E-state index contributed by atoms with van der Waals surface area (Å²) >= 11 is 3.73. The molecule has 2 unspecified atom stereocenters. The van der Waals surface area contributed by atoms with E-state index in [4.69, 9.17) is 0 Å². The van der Waals surface area contributed by atoms with Crippen molar-refractivity contribution in [1.29, 1.82) is 0 Å². The molecule has 1 aromatic carbocycles. The second-order valence-corrected chi connectivity index (χ2v) is 7.11. The fourth-order valence-corrected chi connectivity index (χ4v) is 3.57. The average Bonchev–Trinajstić information content (AvgIpc) is 2.59. The zero-order chi connectivity index (χ0) is 14.5. The molecule has 2 atom stereocenters. The molecule has 0 aliphatic heterocycles. The van der Waals surface area contributed by atoms with Crippen LogP contribution in [0.4, 0.5) is 0 Å². The summed E-state index contributed by atoms with van der Waals surface area (Å²) in [5.41, 5.74) is 3.55. The lowest BCUT2D eigenvalue weighted by atomic mass is 10.0. The Morgan fingerprint density at radius 1 is 1.25 bits per heavy atom. The van der Waals surface area contributed by atoms with E-state index in [1.54, 1.807) is 0 Å². The third-order valence-electron chi connectivity index (χ3n) is 4.13. The number of nitrogens with one attached hydrogen (secondary N) is 1. The van der Waals surface area contributed by atoms with Crippen LogP contribution in [0.3, 0.4) is 0 Å². The van der Waals surface area contributed by atoms with Crippen LogP contribution < -0.4 is 5.32 Å². The zero-order valence-corrected chi connectivity index (χ0v) is 14.0. The summed E-state index contributed by atoms with van der Waals surface area (Å²) in [4.78, 5) is 12.7. The maximum absolute atomic E-state index is 12.3. The highest BCUT2D eigenvalue weighted by atomic mass is 79.9. The highest BCUT2D eigenvalue weighted by Crippen LogP contribution is 2.24. The minimum atomic E-state index is 0.148. The van der Waals surface area contributed by atoms with Crippen molar-refractivity contribution < 1.29 is 4.79 Å². The van der Waals surface area contributed by atoms with Crippen LogP contribution in [-0.2, 0) is 11.2 Å². The van der Waals surface area contributed by atoms with Gasteiger partial charge in [0, 0.05) is 10.9 Å². The van der Waals surface area contributed by atoms with Crippen molar-refractivity contribution in [3.63, 3.8) is 0 Å². The molecule has 20 heavy (non-hydrogen) atoms. The molecule has 1 N–H and O–H groups in total. The molecule has 1 aliphatic carbocycles. The fraction of sp³-hybridized carbons (Fsp3) is 0.588. The number of carbonyl (C=O) groups is 1. The standard InChI is InChI=1S/C17H24BrNO/c1-12-8-9-13(2)14(10-12)11-17(20)19-16-7-5-3-4-6-15(16)18/h8-10,15-16H,3-7,11H2,1-2H3,(H,19,20). The van der Waals surface area contributed by atoms with Gasteiger partial charge in [-0.15, -0.1) is 0 Å². The number of halogens is 1. The second kappa shape index (κ2) is 7.26. The van der Waals surface area contributed by atoms with Crippen molar-refractivity contribution >= 4 is 21.8 Å². The van der Waals surface area contributed by atoms with E-state index < -0.39 is 0 Å². The number of rotatable bonds is 3. The van der Waals surface area contributed by atoms with E-state index in [1.165, 1.54) is 30.4 Å². The van der Waals surface area contributed by atoms with Crippen molar-refractivity contribution in [3.8, 4) is 0 Å². The quantitative estimate of drug-likeness (QED) is 0.654. The van der Waals surface area contributed by atoms with Crippen LogP contribution >= 0.6 is 15.9 Å². The topological polar surface area (TPSA) is 29.1 Å². The maximum Gasteiger partial charge on any atom is 0.224 e. The van der Waals surface area contributed by atoms with Gasteiger partial charge in [0.2, 0.25) is 5.91 Å². The minimum absolute atomic E-state index is 0.148. The predicted molar refractivity (Wildman–Crippen MR) is 87.4 cm³/mol. The molecule has 2 rings (SSSR count). The van der Waals surface area contributed by atoms with Crippen LogP contribution in [-0.4, -0.2) is 16.8 Å². The Labute approximate surface area is 130 Å². The lowest BCUT2D eigenvalue weighted by molar-refractivity contribution is -0.121. The van der Waals surface area contributed by atoms with Crippen molar-refractivity contribution in [1.82, 2.24) is 5.32 Å². The molecule has 0 saturated heterocycles. The Hall–Kier alpha value is -0.830. The van der Waals surface area contributed by atoms with E-state index in [0.29, 0.717) is 11.2 Å². The van der Waals surface area contributed by atoms with Crippen LogP contribution in [0, 0.1) is 13.8 Å². The van der Waals surface area contributed by atoms with Gasteiger partial charge in [-0.25, -0.2) is 0 Å². The van der Waals surface area contributed by atoms with Gasteiger partial charge in [-0.05, 0) is 37.8 Å². The summed E-state index contributed by atoms with van der Waals surface area (Å²) < 4.78 is 0. The van der Waals surface area contributed by atoms with Crippen LogP contribution in [0.25, 0.3) is 0 Å². The van der Waals surface area contributed by atoms with Crippen molar-refractivity contribution in [2.45, 2.75) is 63.2 Å². The Morgan fingerprint density at radius 2 is 2.00 bits per heavy atom. The molecule has 0 aromatic heterocycles. The van der Waals surface area contributed by atoms with Gasteiger partial charge in [0.25, 0.3) is 0 Å². The first-order valence-electron chi connectivity index (χ1n) is 7.56. The van der Waals surface area contributed by atoms with Crippen molar-refractivity contribution in [3.05, 3.63) is 34.9 Å². The number of alkyl halides is 1. The van der Waals surface area contributed by atoms with Gasteiger partial charge in [0.1, 0.15) is 0 Å². The summed E-state index contributed by atoms with van der Waals surface area (Å²) in [6.07, 6.45) is 6.51. The normalized spacial score (nSPS) is 23.1. The monoisotopic (exact) mass is 337 g/mol. The molecule has 1 amide bonds. The summed E-state index contributed by atoms with van der Waals surface area (Å²) in [5, 5.41) is 3.22. The van der Waals surface area contributed by atoms with Crippen LogP contribution in [0.15, 0.2) is 18.2 Å². The molecule has 0 bridgehead atoms. The van der Waals surface area contributed by atoms with Crippen molar-refractivity contribution in [2.75, 3.05) is 0 Å². The molecule has 1 aliphatic rings. The highest BCUT2D eigenvalue weighted by molar-refractivity contribution is 9.09. The highest BCUT2D eigenvalue weighted by Gasteiger charge is 2.22. The molecule has 2 nitrogen and oxygen atoms in total. The number of hydrogen-bond acceptors (Lipinski definition) is 1. The molecule has 1 aromatic rings. The largest absolute Gasteiger partial charge is 0.352 e. The first-order chi connectivity index (χ1) is 9.56. The lowest BCUT2D eigenvalue weighted by Gasteiger charge is -2.21. The molecule has 0 radical (unpaired) electrons. The molecule has 0 heterocycles. The van der Waals surface area contributed by atoms with Gasteiger partial charge < -0.3 is 5.32 Å². The van der Waals surface area contributed by atoms with Crippen LogP contribution in [0.5, 0.6) is 0 Å². The van der Waals surface area contributed by atoms with E-state index >= 15 is 0 Å². The number of benzene rings is 1. The van der Waals surface area contributed by atoms with Crippen LogP contribution in [0.2, 0.25) is 0 Å². The maximum atomic E-state index is 12.3. The minimum Gasteiger partial charge on any atom is -0.352 e. The van der Waals surface area contributed by atoms with E-state index in [2.05, 4.69) is 53.3 Å². The third-order valence-corrected chi connectivity index (χ3v) is 5.23. The van der Waals surface area contributed by atoms with E-state index in [1.807, 2.05) is 0 Å². The van der Waals surface area contributed by atoms with Gasteiger partial charge in [-0.3, -0.25) is 4.79 Å². The van der Waals surface area contributed by atoms with Gasteiger partial charge in [0.05, 0.1) is 6.42 Å². The Kier molecular flexibility index (Phi) is 5.64. The van der Waals surface area contributed by atoms with Crippen LogP contribution in [0.1, 0.15) is 48.8 Å². The predicted octanol–water partition coefficient (Wildman–Crippen LogP) is 4.06. The van der Waals surface area contributed by atoms with Gasteiger partial charge in [0.15, 0.2) is 0 Å². The number of hydrogen-bond donors (Lipinski definition) is 1. The van der Waals surface area contributed by atoms with Gasteiger partial charge in [-0.2, -0.15) is 0 Å². The van der Waals surface area contributed by atoms with E-state index in [9.17, 15) is 4.79 Å². The van der Waals surface area contributed by atoms with Gasteiger partial charge in [-0.1, -0.05) is 59.0 Å². The molecule has 110 valence electrons. The molecule has 1 fully saturated rings. The first kappa shape index (κ1) is 15.6. The number of amides is 1. The molecular weight excluding hydrogens is 314 g/mol. The molecular formula is C17H24BrNO.